The number of aromatic amines is 1. The summed E-state index contributed by atoms with van der Waals surface area (Å²) in [5.74, 6) is 0. The number of alkyl halides is 2. The topological polar surface area (TPSA) is 52.5 Å². The Hall–Kier alpha value is -1.96. The molecule has 3 nitrogen and oxygen atoms in total. The molecule has 0 amide bonds. The highest BCUT2D eigenvalue weighted by molar-refractivity contribution is 5.77. The molecule has 0 aliphatic rings. The Bertz CT molecular complexity index is 510. The predicted molar refractivity (Wildman–Crippen MR) is 45.8 cm³/mol. The van der Waals surface area contributed by atoms with Gasteiger partial charge in [0.2, 0.25) is 0 Å². The molecule has 2 aromatic rings. The normalized spacial score (nSPS) is 10.7. The van der Waals surface area contributed by atoms with Crippen molar-refractivity contribution < 1.29 is 8.78 Å². The van der Waals surface area contributed by atoms with Crippen LogP contribution in [-0.4, -0.2) is 9.97 Å². The monoisotopic (exact) mass is 193 g/mol. The van der Waals surface area contributed by atoms with Crippen molar-refractivity contribution >= 4 is 11.0 Å². The van der Waals surface area contributed by atoms with Gasteiger partial charge in [-0.3, -0.25) is 0 Å². The molecular formula is C9H5F2N3. The summed E-state index contributed by atoms with van der Waals surface area (Å²) in [4.78, 5) is 6.39. The maximum absolute atomic E-state index is 12.4. The van der Waals surface area contributed by atoms with Crippen LogP contribution < -0.4 is 0 Å². The molecule has 2 rings (SSSR count). The van der Waals surface area contributed by atoms with E-state index in [-0.39, 0.29) is 5.56 Å². The lowest BCUT2D eigenvalue weighted by atomic mass is 10.2. The molecule has 2 heterocycles. The van der Waals surface area contributed by atoms with Crippen molar-refractivity contribution in [2.75, 3.05) is 0 Å². The summed E-state index contributed by atoms with van der Waals surface area (Å²) in [6.07, 6.45) is -1.13. The molecule has 0 radical (unpaired) electrons. The van der Waals surface area contributed by atoms with E-state index in [1.165, 1.54) is 6.07 Å². The molecule has 0 aliphatic heterocycles. The van der Waals surface area contributed by atoms with Gasteiger partial charge in [0.05, 0.1) is 5.56 Å². The first-order valence-electron chi connectivity index (χ1n) is 3.88. The van der Waals surface area contributed by atoms with E-state index in [0.29, 0.717) is 11.0 Å². The van der Waals surface area contributed by atoms with Gasteiger partial charge >= 0.3 is 0 Å². The second kappa shape index (κ2) is 3.07. The van der Waals surface area contributed by atoms with Gasteiger partial charge in [-0.2, -0.15) is 5.26 Å². The zero-order chi connectivity index (χ0) is 10.1. The highest BCUT2D eigenvalue weighted by Gasteiger charge is 2.16. The Morgan fingerprint density at radius 2 is 2.29 bits per heavy atom. The molecule has 0 aromatic carbocycles. The molecule has 0 bridgehead atoms. The maximum atomic E-state index is 12.4. The number of nitriles is 1. The number of H-pyrrole nitrogens is 1. The van der Waals surface area contributed by atoms with Crippen molar-refractivity contribution in [1.82, 2.24) is 9.97 Å². The van der Waals surface area contributed by atoms with E-state index in [1.54, 1.807) is 18.3 Å². The first-order chi connectivity index (χ1) is 6.72. The van der Waals surface area contributed by atoms with Gasteiger partial charge in [-0.1, -0.05) is 0 Å². The lowest BCUT2D eigenvalue weighted by molar-refractivity contribution is 0.146. The first kappa shape index (κ1) is 8.63. The van der Waals surface area contributed by atoms with Crippen LogP contribution in [0.15, 0.2) is 18.3 Å². The largest absolute Gasteiger partial charge is 0.346 e. The molecule has 0 saturated carbocycles. The Labute approximate surface area is 78.0 Å². The standard InChI is InChI=1S/C9H5F2N3/c10-8(11)7-6(4-12)3-5-1-2-13-9(5)14-7/h1-3,8H,(H,13,14). The molecular weight excluding hydrogens is 188 g/mol. The second-order valence-electron chi connectivity index (χ2n) is 2.75. The van der Waals surface area contributed by atoms with Crippen molar-refractivity contribution in [2.24, 2.45) is 0 Å². The zero-order valence-corrected chi connectivity index (χ0v) is 6.96. The van der Waals surface area contributed by atoms with E-state index in [9.17, 15) is 8.78 Å². The molecule has 0 fully saturated rings. The van der Waals surface area contributed by atoms with Gasteiger partial charge in [-0.25, -0.2) is 13.8 Å². The molecule has 14 heavy (non-hydrogen) atoms. The summed E-state index contributed by atoms with van der Waals surface area (Å²) in [5, 5.41) is 9.29. The number of aromatic nitrogens is 2. The molecule has 2 aromatic heterocycles. The number of hydrogen-bond acceptors (Lipinski definition) is 2. The van der Waals surface area contributed by atoms with E-state index in [2.05, 4.69) is 9.97 Å². The average Bonchev–Trinajstić information content (AvgIpc) is 2.62. The Morgan fingerprint density at radius 1 is 1.50 bits per heavy atom. The van der Waals surface area contributed by atoms with Crippen molar-refractivity contribution in [2.45, 2.75) is 6.43 Å². The van der Waals surface area contributed by atoms with Crippen LogP contribution in [0, 0.1) is 11.3 Å². The molecule has 0 aliphatic carbocycles. The smallest absolute Gasteiger partial charge is 0.281 e. The van der Waals surface area contributed by atoms with E-state index < -0.39 is 12.1 Å². The fourth-order valence-electron chi connectivity index (χ4n) is 1.25. The quantitative estimate of drug-likeness (QED) is 0.755. The van der Waals surface area contributed by atoms with Crippen LogP contribution in [0.4, 0.5) is 8.78 Å². The third-order valence-electron chi connectivity index (χ3n) is 1.89. The summed E-state index contributed by atoms with van der Waals surface area (Å²) >= 11 is 0. The van der Waals surface area contributed by atoms with E-state index in [4.69, 9.17) is 5.26 Å². The van der Waals surface area contributed by atoms with Crippen LogP contribution in [0.2, 0.25) is 0 Å². The molecule has 0 saturated heterocycles. The fourth-order valence-corrected chi connectivity index (χ4v) is 1.25. The van der Waals surface area contributed by atoms with Gasteiger partial charge in [0.1, 0.15) is 17.4 Å². The molecule has 1 N–H and O–H groups in total. The highest BCUT2D eigenvalue weighted by atomic mass is 19.3. The minimum Gasteiger partial charge on any atom is -0.346 e. The number of pyridine rings is 1. The average molecular weight is 193 g/mol. The summed E-state index contributed by atoms with van der Waals surface area (Å²) in [7, 11) is 0. The van der Waals surface area contributed by atoms with Crippen LogP contribution in [0.5, 0.6) is 0 Å². The minimum atomic E-state index is -2.72. The third kappa shape index (κ3) is 1.21. The number of fused-ring (bicyclic) bond motifs is 1. The molecule has 0 spiro atoms. The first-order valence-corrected chi connectivity index (χ1v) is 3.88. The number of nitrogens with one attached hydrogen (secondary N) is 1. The number of halogens is 2. The van der Waals surface area contributed by atoms with Gasteiger partial charge in [0.15, 0.2) is 0 Å². The van der Waals surface area contributed by atoms with E-state index in [0.717, 1.165) is 0 Å². The van der Waals surface area contributed by atoms with Crippen LogP contribution in [0.3, 0.4) is 0 Å². The van der Waals surface area contributed by atoms with Gasteiger partial charge in [0, 0.05) is 11.6 Å². The number of hydrogen-bond donors (Lipinski definition) is 1. The summed E-state index contributed by atoms with van der Waals surface area (Å²) in [5.41, 5.74) is -0.172. The van der Waals surface area contributed by atoms with Gasteiger partial charge in [-0.05, 0) is 12.1 Å². The molecule has 0 unspecified atom stereocenters. The van der Waals surface area contributed by atoms with Gasteiger partial charge in [-0.15, -0.1) is 0 Å². The maximum Gasteiger partial charge on any atom is 0.281 e. The Balaban J connectivity index is 2.74. The number of rotatable bonds is 1. The SMILES string of the molecule is N#Cc1cc2cc[nH]c2nc1C(F)F. The number of nitrogens with zero attached hydrogens (tertiary/aromatic N) is 2. The van der Waals surface area contributed by atoms with Crippen LogP contribution in [0.1, 0.15) is 17.7 Å². The minimum absolute atomic E-state index is 0.0768. The van der Waals surface area contributed by atoms with Crippen molar-refractivity contribution in [1.29, 1.82) is 5.26 Å². The van der Waals surface area contributed by atoms with Crippen LogP contribution in [0.25, 0.3) is 11.0 Å². The Morgan fingerprint density at radius 3 is 2.93 bits per heavy atom. The Kier molecular flexibility index (Phi) is 1.89. The molecule has 0 atom stereocenters. The van der Waals surface area contributed by atoms with E-state index in [1.807, 2.05) is 0 Å². The van der Waals surface area contributed by atoms with Crippen LogP contribution >= 0.6 is 0 Å². The summed E-state index contributed by atoms with van der Waals surface area (Å²) in [6.45, 7) is 0. The van der Waals surface area contributed by atoms with Gasteiger partial charge < -0.3 is 4.98 Å². The zero-order valence-electron chi connectivity index (χ0n) is 6.96. The van der Waals surface area contributed by atoms with Crippen LogP contribution in [-0.2, 0) is 0 Å². The predicted octanol–water partition coefficient (Wildman–Crippen LogP) is 2.37. The van der Waals surface area contributed by atoms with Crippen molar-refractivity contribution in [3.05, 3.63) is 29.6 Å². The lowest BCUT2D eigenvalue weighted by Gasteiger charge is -2.00. The highest BCUT2D eigenvalue weighted by Crippen LogP contribution is 2.23. The van der Waals surface area contributed by atoms with Gasteiger partial charge in [0.25, 0.3) is 6.43 Å². The van der Waals surface area contributed by atoms with E-state index >= 15 is 0 Å². The second-order valence-corrected chi connectivity index (χ2v) is 2.75. The summed E-state index contributed by atoms with van der Waals surface area (Å²) in [6, 6.07) is 4.78. The van der Waals surface area contributed by atoms with Crippen molar-refractivity contribution in [3.8, 4) is 6.07 Å². The molecule has 5 heteroatoms. The lowest BCUT2D eigenvalue weighted by Crippen LogP contribution is -1.95. The fraction of sp³-hybridized carbons (Fsp3) is 0.111. The van der Waals surface area contributed by atoms with Crippen molar-refractivity contribution in [3.63, 3.8) is 0 Å². The third-order valence-corrected chi connectivity index (χ3v) is 1.89. The molecule has 70 valence electrons. The summed E-state index contributed by atoms with van der Waals surface area (Å²) < 4.78 is 24.8.